The number of hydrogen-bond acceptors (Lipinski definition) is 4. The monoisotopic (exact) mass is 375 g/mol. The highest BCUT2D eigenvalue weighted by Crippen LogP contribution is 2.44. The maximum absolute atomic E-state index is 12.7. The van der Waals surface area contributed by atoms with Crippen molar-refractivity contribution in [2.75, 3.05) is 13.2 Å². The maximum Gasteiger partial charge on any atom is 0.410 e. The highest BCUT2D eigenvalue weighted by molar-refractivity contribution is 5.79. The van der Waals surface area contributed by atoms with Crippen LogP contribution in [0.2, 0.25) is 0 Å². The molecule has 0 saturated heterocycles. The molecule has 0 unspecified atom stereocenters. The van der Waals surface area contributed by atoms with Crippen LogP contribution in [-0.2, 0) is 24.4 Å². The molecule has 0 fully saturated rings. The first kappa shape index (κ1) is 17.0. The summed E-state index contributed by atoms with van der Waals surface area (Å²) in [5, 5.41) is 13.7. The number of amides is 1. The van der Waals surface area contributed by atoms with E-state index in [1.54, 1.807) is 11.1 Å². The third-order valence-corrected chi connectivity index (χ3v) is 5.72. The van der Waals surface area contributed by atoms with Crippen molar-refractivity contribution >= 4 is 6.09 Å². The molecule has 0 radical (unpaired) electrons. The van der Waals surface area contributed by atoms with Crippen LogP contribution >= 0.6 is 0 Å². The normalized spacial score (nSPS) is 15.1. The molecule has 1 aliphatic carbocycles. The summed E-state index contributed by atoms with van der Waals surface area (Å²) in [6, 6.07) is 16.6. The Labute approximate surface area is 163 Å². The SMILES string of the molecule is O=C(OCC1c2ccccc2-c2ccccc21)N1CCn2ncc(CO)c2C1. The van der Waals surface area contributed by atoms with Gasteiger partial charge in [0, 0.05) is 18.0 Å². The fourth-order valence-electron chi connectivity index (χ4n) is 4.27. The zero-order chi connectivity index (χ0) is 19.1. The van der Waals surface area contributed by atoms with Gasteiger partial charge in [0.15, 0.2) is 0 Å². The van der Waals surface area contributed by atoms with E-state index in [4.69, 9.17) is 4.74 Å². The molecule has 3 aromatic rings. The average Bonchev–Trinajstić information content (AvgIpc) is 3.30. The van der Waals surface area contributed by atoms with Gasteiger partial charge in [-0.2, -0.15) is 5.10 Å². The number of nitrogens with zero attached hydrogens (tertiary/aromatic N) is 3. The second-order valence-electron chi connectivity index (χ2n) is 7.22. The minimum absolute atomic E-state index is 0.0553. The van der Waals surface area contributed by atoms with Crippen LogP contribution in [-0.4, -0.2) is 39.0 Å². The Morgan fingerprint density at radius 1 is 1.07 bits per heavy atom. The predicted octanol–water partition coefficient (Wildman–Crippen LogP) is 3.14. The Balaban J connectivity index is 1.32. The van der Waals surface area contributed by atoms with Crippen LogP contribution in [0.5, 0.6) is 0 Å². The first-order valence-electron chi connectivity index (χ1n) is 9.50. The molecule has 2 aliphatic rings. The molecule has 6 nitrogen and oxygen atoms in total. The number of rotatable bonds is 3. The fraction of sp³-hybridized carbons (Fsp3) is 0.273. The summed E-state index contributed by atoms with van der Waals surface area (Å²) in [6.45, 7) is 1.81. The van der Waals surface area contributed by atoms with Crippen LogP contribution in [0.25, 0.3) is 11.1 Å². The van der Waals surface area contributed by atoms with Gasteiger partial charge in [-0.1, -0.05) is 48.5 Å². The van der Waals surface area contributed by atoms with Gasteiger partial charge in [-0.3, -0.25) is 4.68 Å². The molecular formula is C22H21N3O3. The molecule has 2 heterocycles. The van der Waals surface area contributed by atoms with Crippen LogP contribution in [0, 0.1) is 0 Å². The number of benzene rings is 2. The van der Waals surface area contributed by atoms with Crippen molar-refractivity contribution in [3.05, 3.63) is 77.1 Å². The number of carbonyl (C=O) groups is 1. The summed E-state index contributed by atoms with van der Waals surface area (Å²) in [7, 11) is 0. The number of fused-ring (bicyclic) bond motifs is 4. The van der Waals surface area contributed by atoms with E-state index in [0.717, 1.165) is 11.3 Å². The third kappa shape index (κ3) is 2.68. The zero-order valence-corrected chi connectivity index (χ0v) is 15.4. The smallest absolute Gasteiger partial charge is 0.410 e. The number of aliphatic hydroxyl groups excluding tert-OH is 1. The van der Waals surface area contributed by atoms with E-state index in [1.165, 1.54) is 22.3 Å². The summed E-state index contributed by atoms with van der Waals surface area (Å²) in [6.07, 6.45) is 1.34. The topological polar surface area (TPSA) is 67.6 Å². The van der Waals surface area contributed by atoms with Crippen LogP contribution in [0.15, 0.2) is 54.7 Å². The third-order valence-electron chi connectivity index (χ3n) is 5.72. The first-order valence-corrected chi connectivity index (χ1v) is 9.50. The van der Waals surface area contributed by atoms with Gasteiger partial charge in [0.05, 0.1) is 31.6 Å². The Morgan fingerprint density at radius 3 is 2.43 bits per heavy atom. The number of aliphatic hydroxyl groups is 1. The lowest BCUT2D eigenvalue weighted by Crippen LogP contribution is -2.39. The van der Waals surface area contributed by atoms with Crippen LogP contribution in [0.4, 0.5) is 4.79 Å². The van der Waals surface area contributed by atoms with Crippen LogP contribution in [0.3, 0.4) is 0 Å². The van der Waals surface area contributed by atoms with Crippen molar-refractivity contribution in [3.8, 4) is 11.1 Å². The second kappa shape index (κ2) is 6.80. The van der Waals surface area contributed by atoms with Crippen molar-refractivity contribution in [3.63, 3.8) is 0 Å². The molecule has 0 bridgehead atoms. The maximum atomic E-state index is 12.7. The highest BCUT2D eigenvalue weighted by Gasteiger charge is 2.30. The van der Waals surface area contributed by atoms with E-state index in [-0.39, 0.29) is 18.6 Å². The summed E-state index contributed by atoms with van der Waals surface area (Å²) in [5.41, 5.74) is 6.48. The van der Waals surface area contributed by atoms with E-state index in [0.29, 0.717) is 26.2 Å². The van der Waals surface area contributed by atoms with Gasteiger partial charge in [-0.25, -0.2) is 4.79 Å². The second-order valence-corrected chi connectivity index (χ2v) is 7.22. The molecule has 142 valence electrons. The quantitative estimate of drug-likeness (QED) is 0.764. The fourth-order valence-corrected chi connectivity index (χ4v) is 4.27. The molecule has 1 N–H and O–H groups in total. The summed E-state index contributed by atoms with van der Waals surface area (Å²) >= 11 is 0. The molecule has 2 aromatic carbocycles. The molecule has 5 rings (SSSR count). The number of ether oxygens (including phenoxy) is 1. The Kier molecular flexibility index (Phi) is 4.13. The van der Waals surface area contributed by atoms with Gasteiger partial charge in [-0.15, -0.1) is 0 Å². The predicted molar refractivity (Wildman–Crippen MR) is 104 cm³/mol. The summed E-state index contributed by atoms with van der Waals surface area (Å²) in [4.78, 5) is 14.4. The Bertz CT molecular complexity index is 984. The van der Waals surface area contributed by atoms with Gasteiger partial charge >= 0.3 is 6.09 Å². The minimum Gasteiger partial charge on any atom is -0.448 e. The van der Waals surface area contributed by atoms with Gasteiger partial charge in [0.2, 0.25) is 0 Å². The molecule has 1 amide bonds. The lowest BCUT2D eigenvalue weighted by molar-refractivity contribution is 0.0888. The van der Waals surface area contributed by atoms with Crippen molar-refractivity contribution in [1.82, 2.24) is 14.7 Å². The van der Waals surface area contributed by atoms with Gasteiger partial charge < -0.3 is 14.7 Å². The van der Waals surface area contributed by atoms with E-state index in [1.807, 2.05) is 28.9 Å². The first-order chi connectivity index (χ1) is 13.8. The highest BCUT2D eigenvalue weighted by atomic mass is 16.6. The summed E-state index contributed by atoms with van der Waals surface area (Å²) in [5.74, 6) is 0.0553. The summed E-state index contributed by atoms with van der Waals surface area (Å²) < 4.78 is 7.59. The molecule has 0 spiro atoms. The van der Waals surface area contributed by atoms with Crippen molar-refractivity contribution in [1.29, 1.82) is 0 Å². The van der Waals surface area contributed by atoms with Crippen LogP contribution < -0.4 is 0 Å². The van der Waals surface area contributed by atoms with E-state index in [2.05, 4.69) is 29.4 Å². The van der Waals surface area contributed by atoms with Gasteiger partial charge in [0.1, 0.15) is 6.61 Å². The number of hydrogen-bond donors (Lipinski definition) is 1. The lowest BCUT2D eigenvalue weighted by atomic mass is 9.98. The van der Waals surface area contributed by atoms with E-state index < -0.39 is 0 Å². The number of aromatic nitrogens is 2. The van der Waals surface area contributed by atoms with Crippen LogP contribution in [0.1, 0.15) is 28.3 Å². The molecule has 1 aromatic heterocycles. The number of carbonyl (C=O) groups excluding carboxylic acids is 1. The molecule has 0 saturated carbocycles. The standard InChI is InChI=1S/C22H21N3O3/c26-13-15-11-23-25-10-9-24(12-21(15)25)22(27)28-14-20-18-7-3-1-5-16(18)17-6-2-4-8-19(17)20/h1-8,11,20,26H,9-10,12-14H2. The van der Waals surface area contributed by atoms with Crippen molar-refractivity contribution in [2.24, 2.45) is 0 Å². The molecule has 28 heavy (non-hydrogen) atoms. The average molecular weight is 375 g/mol. The molecular weight excluding hydrogens is 354 g/mol. The zero-order valence-electron chi connectivity index (χ0n) is 15.4. The molecule has 6 heteroatoms. The largest absolute Gasteiger partial charge is 0.448 e. The lowest BCUT2D eigenvalue weighted by Gasteiger charge is -2.28. The molecule has 1 aliphatic heterocycles. The van der Waals surface area contributed by atoms with Crippen molar-refractivity contribution in [2.45, 2.75) is 25.6 Å². The minimum atomic E-state index is -0.321. The molecule has 0 atom stereocenters. The van der Waals surface area contributed by atoms with E-state index >= 15 is 0 Å². The Hall–Kier alpha value is -3.12. The van der Waals surface area contributed by atoms with Gasteiger partial charge in [-0.05, 0) is 22.3 Å². The van der Waals surface area contributed by atoms with Crippen molar-refractivity contribution < 1.29 is 14.6 Å². The van der Waals surface area contributed by atoms with E-state index in [9.17, 15) is 9.90 Å². The Morgan fingerprint density at radius 2 is 1.75 bits per heavy atom. The van der Waals surface area contributed by atoms with Gasteiger partial charge in [0.25, 0.3) is 0 Å².